The fourth-order valence-electron chi connectivity index (χ4n) is 2.76. The van der Waals surface area contributed by atoms with E-state index in [4.69, 9.17) is 11.6 Å². The van der Waals surface area contributed by atoms with Gasteiger partial charge in [0.25, 0.3) is 5.91 Å². The lowest BCUT2D eigenvalue weighted by atomic mass is 9.83. The van der Waals surface area contributed by atoms with Gasteiger partial charge < -0.3 is 5.32 Å². The molecule has 0 aliphatic carbocycles. The molecule has 23 heavy (non-hydrogen) atoms. The maximum Gasteiger partial charge on any atom is 0.294 e. The van der Waals surface area contributed by atoms with E-state index in [1.54, 1.807) is 16.7 Å². The van der Waals surface area contributed by atoms with Crippen molar-refractivity contribution in [3.8, 4) is 6.07 Å². The van der Waals surface area contributed by atoms with Gasteiger partial charge in [0.15, 0.2) is 12.4 Å². The lowest BCUT2D eigenvalue weighted by Gasteiger charge is -2.27. The Labute approximate surface area is 144 Å². The first kappa shape index (κ1) is 15.6. The minimum absolute atomic E-state index is 0.204. The van der Waals surface area contributed by atoms with E-state index in [0.29, 0.717) is 15.6 Å². The molecule has 0 bridgehead atoms. The van der Waals surface area contributed by atoms with Gasteiger partial charge in [-0.2, -0.15) is 9.83 Å². The first-order chi connectivity index (χ1) is 11.1. The van der Waals surface area contributed by atoms with Crippen LogP contribution >= 0.6 is 24.2 Å². The molecule has 1 aromatic heterocycles. The number of nitrogens with zero attached hydrogens (tertiary/aromatic N) is 2. The third-order valence-corrected chi connectivity index (χ3v) is 4.41. The monoisotopic (exact) mass is 342 g/mol. The molecule has 0 saturated carbocycles. The van der Waals surface area contributed by atoms with Crippen molar-refractivity contribution in [1.82, 2.24) is 5.32 Å². The molecule has 4 nitrogen and oxygen atoms in total. The Morgan fingerprint density at radius 2 is 1.83 bits per heavy atom. The number of amides is 1. The smallest absolute Gasteiger partial charge is 0.294 e. The van der Waals surface area contributed by atoms with E-state index in [9.17, 15) is 10.1 Å². The molecule has 0 spiro atoms. The predicted molar refractivity (Wildman–Crippen MR) is 89.6 cm³/mol. The normalized spacial score (nSPS) is 20.8. The van der Waals surface area contributed by atoms with Crippen LogP contribution in [0, 0.1) is 11.3 Å². The number of hydrogen-bond acceptors (Lipinski definition) is 3. The van der Waals surface area contributed by atoms with Crippen LogP contribution in [0.2, 0.25) is 5.02 Å². The molecule has 1 aromatic carbocycles. The van der Waals surface area contributed by atoms with Gasteiger partial charge in [0.1, 0.15) is 0 Å². The highest BCUT2D eigenvalue weighted by Gasteiger charge is 2.44. The average molecular weight is 343 g/mol. The first-order valence-electron chi connectivity index (χ1n) is 6.97. The summed E-state index contributed by atoms with van der Waals surface area (Å²) in [6, 6.07) is 14.4. The van der Waals surface area contributed by atoms with E-state index in [-0.39, 0.29) is 5.91 Å². The number of hydrogen-bond donors (Lipinski definition) is 2. The van der Waals surface area contributed by atoms with E-state index in [1.165, 1.54) is 0 Å². The Morgan fingerprint density at radius 3 is 2.43 bits per heavy atom. The summed E-state index contributed by atoms with van der Waals surface area (Å²) in [5.41, 5.74) is 1.27. The number of rotatable bonds is 2. The number of thiol groups is 1. The van der Waals surface area contributed by atoms with Gasteiger partial charge in [0.2, 0.25) is 6.04 Å². The lowest BCUT2D eigenvalue weighted by Crippen LogP contribution is -2.53. The summed E-state index contributed by atoms with van der Waals surface area (Å²) in [4.78, 5) is 12.6. The van der Waals surface area contributed by atoms with Crippen LogP contribution in [0.1, 0.15) is 17.5 Å². The van der Waals surface area contributed by atoms with Crippen molar-refractivity contribution in [3.63, 3.8) is 0 Å². The highest BCUT2D eigenvalue weighted by atomic mass is 35.5. The molecule has 2 atom stereocenters. The molecule has 0 saturated heterocycles. The fourth-order valence-corrected chi connectivity index (χ4v) is 3.19. The van der Waals surface area contributed by atoms with Crippen LogP contribution in [0.4, 0.5) is 0 Å². The van der Waals surface area contributed by atoms with Gasteiger partial charge in [-0.05, 0) is 17.7 Å². The SMILES string of the molecule is N#CC1=C(S)NC(=O)[C@H]([n+]2ccccc2)[C@@H]1c1ccc(Cl)cc1. The number of halogens is 1. The van der Waals surface area contributed by atoms with Gasteiger partial charge in [0.05, 0.1) is 22.6 Å². The maximum atomic E-state index is 12.6. The summed E-state index contributed by atoms with van der Waals surface area (Å²) in [5.74, 6) is -0.629. The van der Waals surface area contributed by atoms with E-state index in [2.05, 4.69) is 24.0 Å². The van der Waals surface area contributed by atoms with Crippen LogP contribution in [0.5, 0.6) is 0 Å². The number of aromatic nitrogens is 1. The third kappa shape index (κ3) is 2.96. The second kappa shape index (κ2) is 6.45. The second-order valence-electron chi connectivity index (χ2n) is 5.16. The first-order valence-corrected chi connectivity index (χ1v) is 7.79. The van der Waals surface area contributed by atoms with Crippen LogP contribution in [0.25, 0.3) is 0 Å². The third-order valence-electron chi connectivity index (χ3n) is 3.80. The fraction of sp³-hybridized carbons (Fsp3) is 0.118. The molecule has 1 N–H and O–H groups in total. The number of carbonyl (C=O) groups is 1. The highest BCUT2D eigenvalue weighted by molar-refractivity contribution is 7.84. The Morgan fingerprint density at radius 1 is 1.17 bits per heavy atom. The van der Waals surface area contributed by atoms with Crippen LogP contribution in [0.3, 0.4) is 0 Å². The Hall–Kier alpha value is -2.29. The van der Waals surface area contributed by atoms with Gasteiger partial charge in [-0.15, -0.1) is 12.6 Å². The zero-order valence-corrected chi connectivity index (χ0v) is 13.6. The van der Waals surface area contributed by atoms with Gasteiger partial charge in [-0.25, -0.2) is 0 Å². The number of carbonyl (C=O) groups excluding carboxylic acids is 1. The summed E-state index contributed by atoms with van der Waals surface area (Å²) in [5, 5.41) is 13.1. The highest BCUT2D eigenvalue weighted by Crippen LogP contribution is 2.38. The largest absolute Gasteiger partial charge is 0.314 e. The molecule has 6 heteroatoms. The van der Waals surface area contributed by atoms with Crippen LogP contribution in [-0.4, -0.2) is 5.91 Å². The van der Waals surface area contributed by atoms with Crippen LogP contribution in [0.15, 0.2) is 65.5 Å². The standard InChI is InChI=1S/C17H12ClN3OS/c18-12-6-4-11(5-7-12)14-13(10-19)17(23)20-16(22)15(14)21-8-2-1-3-9-21/h1-9,14-15H,(H-,20,22,23)/p+1/t14-,15-/m1/s1. The Kier molecular flexibility index (Phi) is 4.37. The van der Waals surface area contributed by atoms with Gasteiger partial charge in [-0.1, -0.05) is 29.8 Å². The number of nitriles is 1. The summed E-state index contributed by atoms with van der Waals surface area (Å²) >= 11 is 10.2. The predicted octanol–water partition coefficient (Wildman–Crippen LogP) is 2.75. The van der Waals surface area contributed by atoms with Gasteiger partial charge in [-0.3, -0.25) is 4.79 Å². The molecular formula is C17H13ClN3OS+. The molecule has 114 valence electrons. The zero-order chi connectivity index (χ0) is 16.4. The molecule has 0 unspecified atom stereocenters. The molecule has 1 amide bonds. The molecule has 0 fully saturated rings. The van der Waals surface area contributed by atoms with Crippen molar-refractivity contribution in [2.24, 2.45) is 0 Å². The molecule has 1 aliphatic heterocycles. The lowest BCUT2D eigenvalue weighted by molar-refractivity contribution is -0.711. The number of nitrogens with one attached hydrogen (secondary N) is 1. The molecule has 2 aromatic rings. The Balaban J connectivity index is 2.18. The maximum absolute atomic E-state index is 12.6. The van der Waals surface area contributed by atoms with Crippen LogP contribution < -0.4 is 9.88 Å². The zero-order valence-electron chi connectivity index (χ0n) is 12.0. The molecular weight excluding hydrogens is 330 g/mol. The molecule has 1 aliphatic rings. The molecule has 2 heterocycles. The van der Waals surface area contributed by atoms with Crippen molar-refractivity contribution in [1.29, 1.82) is 5.26 Å². The number of benzene rings is 1. The van der Waals surface area contributed by atoms with Crippen molar-refractivity contribution in [3.05, 3.63) is 76.0 Å². The molecule has 0 radical (unpaired) electrons. The quantitative estimate of drug-likeness (QED) is 0.651. The average Bonchev–Trinajstić information content (AvgIpc) is 2.56. The van der Waals surface area contributed by atoms with E-state index in [0.717, 1.165) is 5.56 Å². The van der Waals surface area contributed by atoms with Gasteiger partial charge in [0, 0.05) is 17.2 Å². The molecule has 3 rings (SSSR count). The van der Waals surface area contributed by atoms with E-state index < -0.39 is 12.0 Å². The summed E-state index contributed by atoms with van der Waals surface area (Å²) in [7, 11) is 0. The summed E-state index contributed by atoms with van der Waals surface area (Å²) in [6.07, 6.45) is 3.62. The summed E-state index contributed by atoms with van der Waals surface area (Å²) in [6.45, 7) is 0. The number of allylic oxidation sites excluding steroid dienone is 1. The van der Waals surface area contributed by atoms with E-state index in [1.807, 2.05) is 42.7 Å². The van der Waals surface area contributed by atoms with Crippen molar-refractivity contribution in [2.45, 2.75) is 12.0 Å². The second-order valence-corrected chi connectivity index (χ2v) is 6.04. The van der Waals surface area contributed by atoms with E-state index >= 15 is 0 Å². The van der Waals surface area contributed by atoms with Crippen molar-refractivity contribution in [2.75, 3.05) is 0 Å². The van der Waals surface area contributed by atoms with Crippen molar-refractivity contribution >= 4 is 30.1 Å². The van der Waals surface area contributed by atoms with Gasteiger partial charge >= 0.3 is 0 Å². The van der Waals surface area contributed by atoms with Crippen molar-refractivity contribution < 1.29 is 9.36 Å². The minimum atomic E-state index is -0.567. The summed E-state index contributed by atoms with van der Waals surface area (Å²) < 4.78 is 1.80. The number of pyridine rings is 1. The minimum Gasteiger partial charge on any atom is -0.314 e. The Bertz CT molecular complexity index is 812. The van der Waals surface area contributed by atoms with Crippen LogP contribution in [-0.2, 0) is 4.79 Å². The topological polar surface area (TPSA) is 56.8 Å².